The van der Waals surface area contributed by atoms with Crippen molar-refractivity contribution in [2.75, 3.05) is 59.9 Å². The molecule has 4 heterocycles. The maximum absolute atomic E-state index is 14.2. The summed E-state index contributed by atoms with van der Waals surface area (Å²) in [4.78, 5) is 39.9. The summed E-state index contributed by atoms with van der Waals surface area (Å²) in [6, 6.07) is 28.0. The number of fused-ring (bicyclic) bond motifs is 2. The molecule has 0 unspecified atom stereocenters. The van der Waals surface area contributed by atoms with E-state index in [1.807, 2.05) is 113 Å². The van der Waals surface area contributed by atoms with Gasteiger partial charge in [-0.25, -0.2) is 4.98 Å². The molecule has 3 saturated heterocycles. The van der Waals surface area contributed by atoms with Gasteiger partial charge in [-0.2, -0.15) is 0 Å². The minimum Gasteiger partial charge on any atom is -0.459 e. The number of benzene rings is 4. The van der Waals surface area contributed by atoms with Crippen molar-refractivity contribution in [3.63, 3.8) is 0 Å². The highest BCUT2D eigenvalue weighted by atomic mass is 35.5. The minimum absolute atomic E-state index is 0.111. The van der Waals surface area contributed by atoms with Crippen molar-refractivity contribution in [2.24, 2.45) is 28.7 Å². The number of cyclic esters (lactones) is 1. The van der Waals surface area contributed by atoms with E-state index in [0.717, 1.165) is 70.8 Å². The number of nitrogens with zero attached hydrogens (tertiary/aromatic N) is 4. The van der Waals surface area contributed by atoms with E-state index in [2.05, 4.69) is 52.6 Å². The number of hydrogen-bond acceptors (Lipinski definition) is 21. The average Bonchev–Trinajstić information content (AvgIpc) is 0.729. The Morgan fingerprint density at radius 3 is 1.90 bits per heavy atom. The Morgan fingerprint density at radius 2 is 1.35 bits per heavy atom. The first-order valence-electron chi connectivity index (χ1n) is 35.1. The summed E-state index contributed by atoms with van der Waals surface area (Å²) in [5.74, 6) is -4.47. The van der Waals surface area contributed by atoms with E-state index in [1.165, 1.54) is 21.1 Å². The predicted octanol–water partition coefficient (Wildman–Crippen LogP) is 9.64. The smallest absolute Gasteiger partial charge is 0.311 e. The molecule has 0 saturated carbocycles. The maximum Gasteiger partial charge on any atom is 0.311 e. The highest BCUT2D eigenvalue weighted by Gasteiger charge is 2.54. The third-order valence-corrected chi connectivity index (χ3v) is 20.5. The molecule has 554 valence electrons. The Morgan fingerprint density at radius 1 is 0.768 bits per heavy atom. The number of nitrogens with one attached hydrogen (secondary N) is 3. The molecule has 0 aromatic heterocycles. The minimum atomic E-state index is -1.96. The number of ether oxygens (including phenoxy) is 7. The van der Waals surface area contributed by atoms with Crippen molar-refractivity contribution in [2.45, 2.75) is 238 Å². The maximum atomic E-state index is 14.2. The van der Waals surface area contributed by atoms with Crippen LogP contribution < -0.4 is 21.3 Å². The van der Waals surface area contributed by atoms with Gasteiger partial charge in [0.05, 0.1) is 94.3 Å². The first kappa shape index (κ1) is 83.1. The van der Waals surface area contributed by atoms with Crippen LogP contribution in [0.3, 0.4) is 0 Å². The third-order valence-electron chi connectivity index (χ3n) is 20.0. The van der Waals surface area contributed by atoms with Gasteiger partial charge in [-0.15, -0.1) is 0 Å². The van der Waals surface area contributed by atoms with Crippen LogP contribution in [0.15, 0.2) is 89.9 Å². The molecule has 5 aliphatic rings. The van der Waals surface area contributed by atoms with Crippen LogP contribution in [0.1, 0.15) is 135 Å². The number of rotatable bonds is 21. The number of aliphatic hydroxyl groups excluding tert-OH is 5. The normalized spacial score (nSPS) is 32.0. The Labute approximate surface area is 596 Å². The van der Waals surface area contributed by atoms with E-state index in [9.17, 15) is 30.0 Å². The first-order chi connectivity index (χ1) is 46.7. The Kier molecular flexibility index (Phi) is 31.6. The monoisotopic (exact) mass is 1420 g/mol. The van der Waals surface area contributed by atoms with Gasteiger partial charge < -0.3 is 89.2 Å². The Bertz CT molecular complexity index is 3330. The summed E-state index contributed by atoms with van der Waals surface area (Å²) in [6.45, 7) is 27.3. The number of esters is 1. The Balaban J connectivity index is 0.000000277. The number of anilines is 2. The summed E-state index contributed by atoms with van der Waals surface area (Å²) < 4.78 is 46.1. The number of hydrogen-bond donors (Lipinski definition) is 9. The molecular weight excluding hydrogens is 1310 g/mol. The van der Waals surface area contributed by atoms with Crippen molar-refractivity contribution in [3.8, 4) is 17.1 Å². The van der Waals surface area contributed by atoms with Gasteiger partial charge in [0.2, 0.25) is 0 Å². The number of halogens is 2. The molecule has 22 nitrogen and oxygen atoms in total. The number of para-hydroxylation sites is 2. The summed E-state index contributed by atoms with van der Waals surface area (Å²) in [5, 5.41) is 75.6. The number of ketones is 1. The van der Waals surface area contributed by atoms with E-state index in [-0.39, 0.29) is 68.5 Å². The molecule has 1 aliphatic carbocycles. The first-order valence-corrected chi connectivity index (χ1v) is 35.9. The van der Waals surface area contributed by atoms with Crippen molar-refractivity contribution in [3.05, 3.63) is 100 Å². The lowest BCUT2D eigenvalue weighted by atomic mass is 9.74. The van der Waals surface area contributed by atoms with E-state index in [4.69, 9.17) is 76.5 Å². The van der Waals surface area contributed by atoms with Gasteiger partial charge >= 0.3 is 5.97 Å². The van der Waals surface area contributed by atoms with Gasteiger partial charge in [0.25, 0.3) is 0 Å². The second-order valence-electron chi connectivity index (χ2n) is 28.2. The lowest BCUT2D eigenvalue weighted by molar-refractivity contribution is -0.319. The molecule has 0 bridgehead atoms. The standard InChI is InChI=1S/C38H69NO13.C27H22Cl2N4.C10H24N2O2/c1-15-26-38(10,45)31(42)21(4)28(40)19(2)17-37(9,47-14)33(52-35-29(41)25(39(11)12)16-20(3)48-35)22(5)30(23(6)34(44)50-26)51-27-18-36(8,46-13)32(43)24(7)49-27;1-17(2)30-24-16-27-25(15-23(24)31-20-11-7-18(28)8-12-20)32-22-5-3-4-6-26(22)33(27)21-13-9-19(29)10-14-21;1-3-9(7-13)11-5-6-12-10(4-2)8-14/h19-27,29-33,35,41-43,45H,15-18H2,1-14H3;3-17,31H,1-2H3;9-14H,3-8H2,1-2H3/t19-,20-,21+,22+,23-,24+,25+,26-,27+,29-,30+,31-,32+,33-,35+,36-,37-,38-;;9-,10-/m1.0/s1. The van der Waals surface area contributed by atoms with Crippen LogP contribution >= 0.6 is 23.2 Å². The quantitative estimate of drug-likeness (QED) is 0.0188. The van der Waals surface area contributed by atoms with Crippen LogP contribution in [-0.2, 0) is 42.7 Å². The zero-order valence-electron chi connectivity index (χ0n) is 61.4. The van der Waals surface area contributed by atoms with Crippen molar-refractivity contribution < 1.29 is 73.4 Å². The molecular formula is C75H115Cl2N7O15. The van der Waals surface area contributed by atoms with Crippen LogP contribution in [0.4, 0.5) is 11.4 Å². The van der Waals surface area contributed by atoms with Crippen molar-refractivity contribution >= 4 is 57.4 Å². The molecule has 24 heteroatoms. The van der Waals surface area contributed by atoms with Crippen molar-refractivity contribution in [1.29, 1.82) is 0 Å². The van der Waals surface area contributed by atoms with Gasteiger partial charge in [-0.3, -0.25) is 14.6 Å². The molecule has 3 aromatic carbocycles. The van der Waals surface area contributed by atoms with Crippen LogP contribution in [0, 0.1) is 23.7 Å². The highest BCUT2D eigenvalue weighted by Crippen LogP contribution is 2.42. The zero-order chi connectivity index (χ0) is 73.4. The summed E-state index contributed by atoms with van der Waals surface area (Å²) >= 11 is 12.2. The molecule has 20 atom stereocenters. The average molecular weight is 1430 g/mol. The zero-order valence-corrected chi connectivity index (χ0v) is 63.0. The molecule has 0 spiro atoms. The van der Waals surface area contributed by atoms with Crippen LogP contribution in [-0.4, -0.2) is 214 Å². The van der Waals surface area contributed by atoms with E-state index in [0.29, 0.717) is 16.5 Å². The number of methoxy groups -OCH3 is 2. The summed E-state index contributed by atoms with van der Waals surface area (Å²) in [5.41, 5.74) is 2.35. The Hall–Kier alpha value is -4.80. The molecule has 3 aromatic rings. The molecule has 0 radical (unpaired) electrons. The van der Waals surface area contributed by atoms with Crippen LogP contribution in [0.25, 0.3) is 28.1 Å². The molecule has 3 fully saturated rings. The number of Topliss-reactive ketones (excluding diaryl/α,β-unsaturated/α-hetero) is 1. The molecule has 9 N–H and O–H groups in total. The molecule has 99 heavy (non-hydrogen) atoms. The highest BCUT2D eigenvalue weighted by molar-refractivity contribution is 6.30. The number of aliphatic hydroxyl groups is 6. The van der Waals surface area contributed by atoms with Crippen molar-refractivity contribution in [1.82, 2.24) is 25.1 Å². The number of aromatic nitrogens is 2. The van der Waals surface area contributed by atoms with E-state index in [1.54, 1.807) is 48.5 Å². The second kappa shape index (κ2) is 37.6. The van der Waals surface area contributed by atoms with Crippen LogP contribution in [0.2, 0.25) is 10.0 Å². The predicted molar refractivity (Wildman–Crippen MR) is 388 cm³/mol. The van der Waals surface area contributed by atoms with E-state index < -0.39 is 102 Å². The SMILES string of the molecule is CC(C)N=c1cc2n(-c3ccc(Cl)cc3)c3ccccc3nc-2cc1Nc1ccc(Cl)cc1.CC[C@@H](CO)NCCN[C@@H](CC)CO.CC[C@H]1OC(=O)[C@H](C)[C@@H](O[C@H]2C[C@@](C)(OC)[C@@H](O)[C@H](C)O2)[C@H](C)[C@@H](O[C@@H]2O[C@H](C)C[C@H](N(C)C)[C@H]2O)[C@](C)(OC)C[C@@H](C)C(=O)[C@H](C)[C@@H](O)[C@]1(C)O. The van der Waals surface area contributed by atoms with Gasteiger partial charge in [-0.05, 0) is 174 Å². The number of carbonyl (C=O) groups excluding carboxylic acids is 2. The third kappa shape index (κ3) is 21.2. The van der Waals surface area contributed by atoms with Gasteiger partial charge in [0.1, 0.15) is 29.7 Å². The fourth-order valence-corrected chi connectivity index (χ4v) is 13.9. The molecule has 8 rings (SSSR count). The largest absolute Gasteiger partial charge is 0.459 e. The topological polar surface area (TPSA) is 290 Å². The van der Waals surface area contributed by atoms with Crippen LogP contribution in [0.5, 0.6) is 0 Å². The van der Waals surface area contributed by atoms with Gasteiger partial charge in [-0.1, -0.05) is 76.9 Å². The second-order valence-corrected chi connectivity index (χ2v) is 29.1. The number of likely N-dealkylation sites (N-methyl/N-ethyl adjacent to an activating group) is 1. The van der Waals surface area contributed by atoms with E-state index >= 15 is 0 Å². The molecule has 4 aliphatic heterocycles. The number of carbonyl (C=O) groups is 2. The fraction of sp³-hybridized carbons (Fsp3) is 0.653. The van der Waals surface area contributed by atoms with Gasteiger partial charge in [0.15, 0.2) is 12.6 Å². The lowest BCUT2D eigenvalue weighted by Crippen LogP contribution is -2.61. The molecule has 0 amide bonds. The summed E-state index contributed by atoms with van der Waals surface area (Å²) in [6.07, 6.45) is -6.85. The van der Waals surface area contributed by atoms with Gasteiger partial charge in [0, 0.05) is 97.1 Å². The lowest BCUT2D eigenvalue weighted by Gasteiger charge is -2.50. The fourth-order valence-electron chi connectivity index (χ4n) is 13.7. The summed E-state index contributed by atoms with van der Waals surface area (Å²) in [7, 11) is 6.77.